The quantitative estimate of drug-likeness (QED) is 0.0977. The van der Waals surface area contributed by atoms with Gasteiger partial charge in [0.05, 0.1) is 49.3 Å². The fourth-order valence-corrected chi connectivity index (χ4v) is 19.7. The normalized spacial score (nSPS) is 12.4. The molecule has 0 atom stereocenters. The van der Waals surface area contributed by atoms with Gasteiger partial charge >= 0.3 is 21.1 Å². The van der Waals surface area contributed by atoms with Crippen LogP contribution in [-0.2, 0) is 67.1 Å². The Balaban J connectivity index is 0.000000108. The number of H-pyrrole nitrogens is 1. The summed E-state index contributed by atoms with van der Waals surface area (Å²) in [5.41, 5.74) is 27.1. The number of thiophene rings is 1. The summed E-state index contributed by atoms with van der Waals surface area (Å²) in [5, 5.41) is 9.49. The fourth-order valence-electron chi connectivity index (χ4n) is 16.2. The number of nitrogens with zero attached hydrogens (tertiary/aromatic N) is 8. The van der Waals surface area contributed by atoms with Gasteiger partial charge in [-0.3, -0.25) is 14.9 Å². The van der Waals surface area contributed by atoms with Crippen LogP contribution >= 0.6 is 11.3 Å². The van der Waals surface area contributed by atoms with E-state index < -0.39 is 16.1 Å². The Hall–Kier alpha value is -11.5. The smallest absolute Gasteiger partial charge is 0.353 e. The number of fused-ring (bicyclic) bond motifs is 13. The van der Waals surface area contributed by atoms with E-state index in [0.29, 0.717) is 0 Å². The number of aromatic nitrogens is 8. The molecular weight excluding hydrogens is 1800 g/mol. The van der Waals surface area contributed by atoms with Crippen molar-refractivity contribution in [3.63, 3.8) is 0 Å². The van der Waals surface area contributed by atoms with E-state index in [1.54, 1.807) is 16.6 Å². The molecule has 114 heavy (non-hydrogen) atoms. The number of rotatable bonds is 7. The molecule has 1 radical (unpaired) electrons. The second-order valence-corrected chi connectivity index (χ2v) is 42.4. The van der Waals surface area contributed by atoms with E-state index in [1.165, 1.54) is 103 Å². The van der Waals surface area contributed by atoms with Crippen LogP contribution in [0.25, 0.3) is 126 Å². The monoisotopic (exact) mass is 1880 g/mol. The first-order chi connectivity index (χ1) is 54.8. The van der Waals surface area contributed by atoms with Gasteiger partial charge < -0.3 is 19.5 Å². The SMILES string of the molecule is C[Si](C)(C)c1ccc2c(c1)-c1ccc([Si](C)(C)C)c[n+]1C2.[Ir].[Pt+2].[c-]1ccccc1-c1cc2c(cn1)[nH]c1cc3c(cc12)c1ccccc1n3-c1ccccc1.[c-]1ccccc1-c1ccc2c(n1)N1c3nc(-c4[c-]cccc4)ccc3Cc3cccc(c31)C2.[c-]1ccccc1-c1ccccn1.c1cc2c3c(c1)sc1ccc[n+](c13)C2. The summed E-state index contributed by atoms with van der Waals surface area (Å²) in [7, 11) is -2.47. The minimum atomic E-state index is -1.24. The maximum absolute atomic E-state index is 5.16. The predicted octanol–water partition coefficient (Wildman–Crippen LogP) is 22.3. The molecule has 9 nitrogen and oxygen atoms in total. The Morgan fingerprint density at radius 2 is 0.991 bits per heavy atom. The van der Waals surface area contributed by atoms with Gasteiger partial charge in [-0.2, -0.15) is 9.13 Å². The Kier molecular flexibility index (Phi) is 20.8. The van der Waals surface area contributed by atoms with Crippen molar-refractivity contribution in [1.29, 1.82) is 0 Å². The summed E-state index contributed by atoms with van der Waals surface area (Å²) in [6.07, 6.45) is 10.0. The topological polar surface area (TPSA) is 83.3 Å². The molecule has 0 saturated carbocycles. The number of para-hydroxylation sites is 3. The minimum Gasteiger partial charge on any atom is -0.353 e. The number of anilines is 3. The molecule has 4 aliphatic rings. The molecule has 14 heteroatoms. The molecule has 0 spiro atoms. The molecule has 0 unspecified atom stereocenters. The Morgan fingerprint density at radius 3 is 1.63 bits per heavy atom. The molecule has 9 aromatic heterocycles. The molecule has 0 saturated heterocycles. The number of hydrogen-bond donors (Lipinski definition) is 1. The zero-order valence-electron chi connectivity index (χ0n) is 64.0. The molecule has 10 aromatic carbocycles. The van der Waals surface area contributed by atoms with Crippen LogP contribution in [0.15, 0.2) is 316 Å². The van der Waals surface area contributed by atoms with Crippen LogP contribution in [0.1, 0.15) is 33.4 Å². The average Bonchev–Trinajstić information content (AvgIpc) is 1.42. The summed E-state index contributed by atoms with van der Waals surface area (Å²) in [4.78, 5) is 25.1. The zero-order valence-corrected chi connectivity index (χ0v) is 71.5. The maximum Gasteiger partial charge on any atom is 2.00 e. The van der Waals surface area contributed by atoms with E-state index >= 15 is 0 Å². The van der Waals surface area contributed by atoms with Crippen LogP contribution in [0.3, 0.4) is 0 Å². The van der Waals surface area contributed by atoms with Crippen molar-refractivity contribution in [2.75, 3.05) is 4.90 Å². The molecule has 19 aromatic rings. The molecule has 0 bridgehead atoms. The standard InChI is InChI=1S/C30H19N3.C29H18N3.C18H26NSi2.C12H8NS.C11H8N.Ir.Pt/c1-3-8-20(9-4-1)26-16-14-24-18-22-12-7-13-23-19-25-15-17-27(21-10-5-2-6-11-21)32-30(25)33(28(22)23)29(24)31-26;1-3-9-19(10-4-1)25-16-23-22-15-24-21-13-7-8-14-28(21)32(20-11-5-2-6-12-20)29(24)17-26(22)31-27(23)18-30-25;1-20(2,3)15-8-7-14-12-19-13-16(21(4,5)6)9-10-18(19)17(14)11-15;1-3-8-7-13-6-2-5-10-12(13)11(8)9(4-1)14-10;1-2-6-10(7-3-1)11-8-4-5-9-12-11;;/h1-8,10,12-17H,18-19H2;1-9,11-18,31H;7-11,13H,12H2,1-6H3;1-6H,7H2;1-6,8-9H;;/q-2;-1;2*+1;-1;;+2. The van der Waals surface area contributed by atoms with Gasteiger partial charge in [0.15, 0.2) is 25.5 Å². The molecule has 1 N–H and O–H groups in total. The van der Waals surface area contributed by atoms with Crippen LogP contribution in [0.5, 0.6) is 0 Å². The summed E-state index contributed by atoms with van der Waals surface area (Å²) in [6.45, 7) is 16.6. The van der Waals surface area contributed by atoms with Crippen molar-refractivity contribution in [1.82, 2.24) is 29.5 Å². The van der Waals surface area contributed by atoms with Gasteiger partial charge in [-0.15, -0.1) is 155 Å². The number of aromatic amines is 1. The molecule has 13 heterocycles. The Morgan fingerprint density at radius 1 is 0.421 bits per heavy atom. The van der Waals surface area contributed by atoms with Crippen molar-refractivity contribution in [2.24, 2.45) is 0 Å². The minimum absolute atomic E-state index is 0. The van der Waals surface area contributed by atoms with Gasteiger partial charge in [0.1, 0.15) is 16.3 Å². The van der Waals surface area contributed by atoms with Crippen molar-refractivity contribution in [3.8, 4) is 62.0 Å². The zero-order chi connectivity index (χ0) is 75.6. The fraction of sp³-hybridized carbons (Fsp3) is 0.100. The van der Waals surface area contributed by atoms with Gasteiger partial charge in [0, 0.05) is 111 Å². The van der Waals surface area contributed by atoms with Gasteiger partial charge in [0.25, 0.3) is 0 Å². The largest absolute Gasteiger partial charge is 2.00 e. The van der Waals surface area contributed by atoms with Gasteiger partial charge in [-0.25, -0.2) is 0 Å². The second-order valence-electron chi connectivity index (χ2n) is 31.2. The van der Waals surface area contributed by atoms with Crippen molar-refractivity contribution in [3.05, 3.63) is 374 Å². The Bertz CT molecular complexity index is 6580. The number of hydrogen-bond acceptors (Lipinski definition) is 6. The van der Waals surface area contributed by atoms with Crippen LogP contribution in [-0.4, -0.2) is 45.6 Å². The number of benzene rings is 10. The first-order valence-electron chi connectivity index (χ1n) is 38.4. The van der Waals surface area contributed by atoms with E-state index in [4.69, 9.17) is 9.97 Å². The van der Waals surface area contributed by atoms with Crippen molar-refractivity contribution >= 4 is 119 Å². The Labute approximate surface area is 698 Å². The second kappa shape index (κ2) is 31.5. The molecule has 557 valence electrons. The van der Waals surface area contributed by atoms with Crippen LogP contribution in [0, 0.1) is 24.3 Å². The summed E-state index contributed by atoms with van der Waals surface area (Å²) >= 11 is 1.90. The third-order valence-corrected chi connectivity index (χ3v) is 27.0. The van der Waals surface area contributed by atoms with E-state index in [1.807, 2.05) is 115 Å². The van der Waals surface area contributed by atoms with E-state index in [2.05, 4.69) is 304 Å². The maximum atomic E-state index is 5.16. The molecule has 4 aliphatic heterocycles. The average molecular weight is 1880 g/mol. The first-order valence-corrected chi connectivity index (χ1v) is 46.2. The van der Waals surface area contributed by atoms with E-state index in [-0.39, 0.29) is 41.2 Å². The van der Waals surface area contributed by atoms with Crippen LogP contribution in [0.4, 0.5) is 17.3 Å². The van der Waals surface area contributed by atoms with E-state index in [0.717, 1.165) is 99.3 Å². The molecule has 0 amide bonds. The summed E-state index contributed by atoms with van der Waals surface area (Å²) < 4.78 is 9.98. The van der Waals surface area contributed by atoms with Crippen molar-refractivity contribution in [2.45, 2.75) is 65.2 Å². The van der Waals surface area contributed by atoms with Crippen molar-refractivity contribution < 1.29 is 50.3 Å². The third kappa shape index (κ3) is 14.4. The molecular formula is C100H79IrN9PtSSi2. The summed E-state index contributed by atoms with van der Waals surface area (Å²) in [6, 6.07) is 115. The molecule has 0 aliphatic carbocycles. The predicted molar refractivity (Wildman–Crippen MR) is 467 cm³/mol. The molecule has 23 rings (SSSR count). The van der Waals surface area contributed by atoms with Gasteiger partial charge in [0.2, 0.25) is 11.2 Å². The molecule has 0 fully saturated rings. The third-order valence-electron chi connectivity index (χ3n) is 21.8. The van der Waals surface area contributed by atoms with Gasteiger partial charge in [-0.05, 0) is 99.6 Å². The first kappa shape index (κ1) is 75.2. The van der Waals surface area contributed by atoms with Gasteiger partial charge in [-0.1, -0.05) is 172 Å². The number of pyridine rings is 6. The van der Waals surface area contributed by atoms with E-state index in [9.17, 15) is 0 Å². The summed E-state index contributed by atoms with van der Waals surface area (Å²) in [5.74, 6) is 1.93. The number of nitrogens with one attached hydrogen (secondary N) is 1. The van der Waals surface area contributed by atoms with Crippen LogP contribution in [0.2, 0.25) is 39.3 Å². The van der Waals surface area contributed by atoms with Crippen LogP contribution < -0.4 is 24.4 Å².